The number of rotatable bonds is 0. The molecule has 11 heavy (non-hydrogen) atoms. The zero-order chi connectivity index (χ0) is 7.84. The second kappa shape index (κ2) is 2.27. The van der Waals surface area contributed by atoms with Gasteiger partial charge in [-0.3, -0.25) is 0 Å². The number of nitrogens with zero attached hydrogens (tertiary/aromatic N) is 2. The van der Waals surface area contributed by atoms with Gasteiger partial charge >= 0.3 is 0 Å². The summed E-state index contributed by atoms with van der Waals surface area (Å²) in [6.45, 7) is 0. The zero-order valence-electron chi connectivity index (χ0n) is 5.21. The molecule has 2 rings (SSSR count). The molecule has 0 bridgehead atoms. The van der Waals surface area contributed by atoms with Crippen LogP contribution < -0.4 is 0 Å². The maximum absolute atomic E-state index is 13.0. The van der Waals surface area contributed by atoms with Crippen molar-refractivity contribution < 1.29 is 9.02 Å². The summed E-state index contributed by atoms with van der Waals surface area (Å²) in [7, 11) is 0. The van der Waals surface area contributed by atoms with Gasteiger partial charge in [-0.2, -0.15) is 0 Å². The highest BCUT2D eigenvalue weighted by atomic mass is 79.9. The Morgan fingerprint density at radius 2 is 2.18 bits per heavy atom. The molecular formula is C6H2BrFN2O. The summed E-state index contributed by atoms with van der Waals surface area (Å²) < 4.78 is 17.7. The van der Waals surface area contributed by atoms with Gasteiger partial charge in [0.25, 0.3) is 0 Å². The Kier molecular flexibility index (Phi) is 1.38. The number of aromatic nitrogens is 2. The van der Waals surface area contributed by atoms with Crippen LogP contribution in [-0.4, -0.2) is 10.3 Å². The third-order valence-electron chi connectivity index (χ3n) is 1.32. The minimum Gasteiger partial charge on any atom is -0.243 e. The van der Waals surface area contributed by atoms with Crippen molar-refractivity contribution >= 4 is 27.0 Å². The molecule has 0 N–H and O–H groups in total. The van der Waals surface area contributed by atoms with Gasteiger partial charge in [0.15, 0.2) is 11.3 Å². The van der Waals surface area contributed by atoms with E-state index >= 15 is 0 Å². The Hall–Kier alpha value is -0.970. The Bertz CT molecular complexity index is 400. The molecule has 0 aliphatic heterocycles. The van der Waals surface area contributed by atoms with Crippen LogP contribution >= 0.6 is 15.9 Å². The molecule has 2 aromatic rings. The first-order chi connectivity index (χ1) is 5.29. The maximum Gasteiger partial charge on any atom is 0.171 e. The van der Waals surface area contributed by atoms with Crippen LogP contribution in [0.1, 0.15) is 0 Å². The fourth-order valence-corrected chi connectivity index (χ4v) is 1.12. The summed E-state index contributed by atoms with van der Waals surface area (Å²) in [4.78, 5) is 0. The predicted molar refractivity (Wildman–Crippen MR) is 39.5 cm³/mol. The van der Waals surface area contributed by atoms with Crippen molar-refractivity contribution in [2.24, 2.45) is 0 Å². The molecule has 0 aliphatic rings. The second-order valence-electron chi connectivity index (χ2n) is 1.99. The number of hydrogen-bond acceptors (Lipinski definition) is 3. The van der Waals surface area contributed by atoms with Crippen molar-refractivity contribution in [2.75, 3.05) is 0 Å². The molecule has 0 saturated carbocycles. The van der Waals surface area contributed by atoms with E-state index in [0.717, 1.165) is 0 Å². The molecule has 1 aromatic heterocycles. The van der Waals surface area contributed by atoms with E-state index in [2.05, 4.69) is 30.9 Å². The summed E-state index contributed by atoms with van der Waals surface area (Å²) in [5, 5.41) is 6.86. The molecule has 0 atom stereocenters. The normalized spacial score (nSPS) is 10.7. The van der Waals surface area contributed by atoms with E-state index in [9.17, 15) is 4.39 Å². The van der Waals surface area contributed by atoms with E-state index in [1.807, 2.05) is 0 Å². The van der Waals surface area contributed by atoms with E-state index < -0.39 is 5.82 Å². The molecule has 1 aromatic carbocycles. The fraction of sp³-hybridized carbons (Fsp3) is 0. The highest BCUT2D eigenvalue weighted by molar-refractivity contribution is 9.10. The first-order valence-corrected chi connectivity index (χ1v) is 3.64. The Morgan fingerprint density at radius 3 is 3.00 bits per heavy atom. The minimum absolute atomic E-state index is 0.152. The van der Waals surface area contributed by atoms with E-state index in [4.69, 9.17) is 0 Å². The Labute approximate surface area is 69.3 Å². The van der Waals surface area contributed by atoms with Crippen molar-refractivity contribution in [2.45, 2.75) is 0 Å². The quantitative estimate of drug-likeness (QED) is 0.678. The van der Waals surface area contributed by atoms with Crippen LogP contribution in [0.25, 0.3) is 11.0 Å². The van der Waals surface area contributed by atoms with Gasteiger partial charge in [0, 0.05) is 0 Å². The summed E-state index contributed by atoms with van der Waals surface area (Å²) in [5.41, 5.74) is 0.574. The second-order valence-corrected chi connectivity index (χ2v) is 2.85. The molecule has 0 spiro atoms. The molecule has 0 radical (unpaired) electrons. The van der Waals surface area contributed by atoms with Crippen molar-refractivity contribution in [3.8, 4) is 0 Å². The number of benzene rings is 1. The first kappa shape index (κ1) is 6.72. The minimum atomic E-state index is -0.441. The van der Waals surface area contributed by atoms with E-state index in [-0.39, 0.29) is 5.52 Å². The molecule has 56 valence electrons. The van der Waals surface area contributed by atoms with Gasteiger partial charge in [-0.1, -0.05) is 0 Å². The van der Waals surface area contributed by atoms with Crippen LogP contribution in [0.15, 0.2) is 21.2 Å². The first-order valence-electron chi connectivity index (χ1n) is 2.85. The molecule has 0 amide bonds. The molecule has 3 nitrogen and oxygen atoms in total. The number of fused-ring (bicyclic) bond motifs is 1. The summed E-state index contributed by atoms with van der Waals surface area (Å²) in [5.74, 6) is -0.441. The predicted octanol–water partition coefficient (Wildman–Crippen LogP) is 2.12. The number of halogens is 2. The zero-order valence-corrected chi connectivity index (χ0v) is 6.80. The van der Waals surface area contributed by atoms with E-state index in [0.29, 0.717) is 9.99 Å². The molecule has 0 unspecified atom stereocenters. The molecule has 5 heteroatoms. The lowest BCUT2D eigenvalue weighted by Crippen LogP contribution is -1.79. The molecule has 1 heterocycles. The molecule has 0 fully saturated rings. The van der Waals surface area contributed by atoms with Gasteiger partial charge in [0.05, 0.1) is 4.47 Å². The Balaban J connectivity index is 2.93. The van der Waals surface area contributed by atoms with Crippen LogP contribution in [0.2, 0.25) is 0 Å². The lowest BCUT2D eigenvalue weighted by molar-refractivity contribution is 0.314. The van der Waals surface area contributed by atoms with Gasteiger partial charge < -0.3 is 0 Å². The summed E-state index contributed by atoms with van der Waals surface area (Å²) in [6.07, 6.45) is 0. The standard InChI is InChI=1S/C6H2BrFN2O/c7-3-1-2-4-6(5(3)8)10-11-9-4/h1-2H. The van der Waals surface area contributed by atoms with Crippen LogP contribution in [0.3, 0.4) is 0 Å². The van der Waals surface area contributed by atoms with Crippen molar-refractivity contribution in [1.29, 1.82) is 0 Å². The maximum atomic E-state index is 13.0. The molecule has 0 saturated heterocycles. The lowest BCUT2D eigenvalue weighted by Gasteiger charge is -1.89. The van der Waals surface area contributed by atoms with Crippen LogP contribution in [0, 0.1) is 5.82 Å². The van der Waals surface area contributed by atoms with Crippen molar-refractivity contribution in [1.82, 2.24) is 10.3 Å². The third kappa shape index (κ3) is 0.920. The van der Waals surface area contributed by atoms with Gasteiger partial charge in [-0.15, -0.1) is 0 Å². The molecule has 0 aliphatic carbocycles. The Morgan fingerprint density at radius 1 is 1.36 bits per heavy atom. The van der Waals surface area contributed by atoms with E-state index in [1.54, 1.807) is 12.1 Å². The highest BCUT2D eigenvalue weighted by Crippen LogP contribution is 2.21. The van der Waals surface area contributed by atoms with Crippen molar-refractivity contribution in [3.05, 3.63) is 22.4 Å². The van der Waals surface area contributed by atoms with Crippen LogP contribution in [-0.2, 0) is 0 Å². The average molecular weight is 217 g/mol. The largest absolute Gasteiger partial charge is 0.243 e. The lowest BCUT2D eigenvalue weighted by atomic mass is 10.3. The summed E-state index contributed by atoms with van der Waals surface area (Å²) >= 11 is 3.02. The van der Waals surface area contributed by atoms with Gasteiger partial charge in [0.2, 0.25) is 0 Å². The smallest absolute Gasteiger partial charge is 0.171 e. The van der Waals surface area contributed by atoms with Gasteiger partial charge in [-0.05, 0) is 38.4 Å². The monoisotopic (exact) mass is 216 g/mol. The average Bonchev–Trinajstić information content (AvgIpc) is 2.45. The number of hydrogen-bond donors (Lipinski definition) is 0. The van der Waals surface area contributed by atoms with Crippen LogP contribution in [0.5, 0.6) is 0 Å². The molecular weight excluding hydrogens is 215 g/mol. The third-order valence-corrected chi connectivity index (χ3v) is 1.93. The highest BCUT2D eigenvalue weighted by Gasteiger charge is 2.08. The van der Waals surface area contributed by atoms with Gasteiger partial charge in [-0.25, -0.2) is 9.02 Å². The summed E-state index contributed by atoms with van der Waals surface area (Å²) in [6, 6.07) is 3.18. The van der Waals surface area contributed by atoms with Crippen LogP contribution in [0.4, 0.5) is 4.39 Å². The fourth-order valence-electron chi connectivity index (χ4n) is 0.795. The van der Waals surface area contributed by atoms with Crippen molar-refractivity contribution in [3.63, 3.8) is 0 Å². The van der Waals surface area contributed by atoms with Gasteiger partial charge in [0.1, 0.15) is 5.52 Å². The topological polar surface area (TPSA) is 38.9 Å². The van der Waals surface area contributed by atoms with E-state index in [1.165, 1.54) is 0 Å². The SMILES string of the molecule is Fc1c(Br)ccc2nonc12.